The summed E-state index contributed by atoms with van der Waals surface area (Å²) in [6.45, 7) is 0. The van der Waals surface area contributed by atoms with Gasteiger partial charge >= 0.3 is 0 Å². The van der Waals surface area contributed by atoms with Gasteiger partial charge in [-0.2, -0.15) is 0 Å². The van der Waals surface area contributed by atoms with Crippen LogP contribution in [0.1, 0.15) is 34.3 Å². The number of Topliss-reactive ketones (excluding diaryl/α,β-unsaturated/α-hetero) is 1. The van der Waals surface area contributed by atoms with Crippen LogP contribution in [0.2, 0.25) is 0 Å². The predicted molar refractivity (Wildman–Crippen MR) is 58.1 cm³/mol. The largest absolute Gasteiger partial charge is 0.294 e. The Kier molecular flexibility index (Phi) is 1.91. The molecule has 14 heavy (non-hydrogen) atoms. The molecule has 2 heteroatoms. The summed E-state index contributed by atoms with van der Waals surface area (Å²) in [5, 5.41) is 0. The lowest BCUT2D eigenvalue weighted by molar-refractivity contribution is 0.0972. The van der Waals surface area contributed by atoms with Gasteiger partial charge in [0.05, 0.1) is 0 Å². The second-order valence-corrected chi connectivity index (χ2v) is 5.13. The molecule has 0 bridgehead atoms. The molecule has 72 valence electrons. The number of thioether (sulfide) groups is 1. The van der Waals surface area contributed by atoms with Crippen LogP contribution >= 0.6 is 11.8 Å². The maximum absolute atomic E-state index is 11.7. The van der Waals surface area contributed by atoms with E-state index in [0.29, 0.717) is 5.78 Å². The van der Waals surface area contributed by atoms with E-state index >= 15 is 0 Å². The Morgan fingerprint density at radius 3 is 2.93 bits per heavy atom. The topological polar surface area (TPSA) is 17.1 Å². The Morgan fingerprint density at radius 1 is 1.07 bits per heavy atom. The number of aryl methyl sites for hydroxylation is 2. The second kappa shape index (κ2) is 3.13. The van der Waals surface area contributed by atoms with Crippen molar-refractivity contribution in [3.8, 4) is 0 Å². The van der Waals surface area contributed by atoms with Crippen LogP contribution in [0.15, 0.2) is 17.0 Å². The van der Waals surface area contributed by atoms with Crippen LogP contribution < -0.4 is 0 Å². The minimum absolute atomic E-state index is 0.349. The fraction of sp³-hybridized carbons (Fsp3) is 0.417. The van der Waals surface area contributed by atoms with Gasteiger partial charge in [-0.1, -0.05) is 6.07 Å². The van der Waals surface area contributed by atoms with Crippen molar-refractivity contribution >= 4 is 17.5 Å². The smallest absolute Gasteiger partial charge is 0.163 e. The van der Waals surface area contributed by atoms with Crippen LogP contribution in [0.25, 0.3) is 0 Å². The Labute approximate surface area is 87.9 Å². The zero-order valence-corrected chi connectivity index (χ0v) is 8.82. The Hall–Kier alpha value is -0.760. The summed E-state index contributed by atoms with van der Waals surface area (Å²) in [6.07, 6.45) is 4.06. The zero-order valence-electron chi connectivity index (χ0n) is 8.01. The van der Waals surface area contributed by atoms with E-state index in [-0.39, 0.29) is 0 Å². The van der Waals surface area contributed by atoms with E-state index in [0.717, 1.165) is 24.8 Å². The predicted octanol–water partition coefficient (Wildman–Crippen LogP) is 2.85. The van der Waals surface area contributed by atoms with Gasteiger partial charge in [0.1, 0.15) is 0 Å². The highest BCUT2D eigenvalue weighted by Crippen LogP contribution is 2.35. The molecule has 2 aliphatic rings. The van der Waals surface area contributed by atoms with E-state index < -0.39 is 0 Å². The Morgan fingerprint density at radius 2 is 2.00 bits per heavy atom. The summed E-state index contributed by atoms with van der Waals surface area (Å²) in [7, 11) is 0. The molecule has 1 aromatic rings. The Bertz CT molecular complexity index is 409. The number of carbonyl (C=O) groups excluding carboxylic acids is 1. The van der Waals surface area contributed by atoms with Gasteiger partial charge < -0.3 is 0 Å². The molecular weight excluding hydrogens is 192 g/mol. The molecule has 3 rings (SSSR count). The number of hydrogen-bond acceptors (Lipinski definition) is 2. The lowest BCUT2D eigenvalue weighted by Crippen LogP contribution is -2.11. The number of carbonyl (C=O) groups is 1. The van der Waals surface area contributed by atoms with Crippen LogP contribution in [0.3, 0.4) is 0 Å². The average molecular weight is 204 g/mol. The van der Waals surface area contributed by atoms with Crippen molar-refractivity contribution in [3.05, 3.63) is 28.8 Å². The number of hydrogen-bond donors (Lipinski definition) is 0. The van der Waals surface area contributed by atoms with Gasteiger partial charge in [0.2, 0.25) is 0 Å². The van der Waals surface area contributed by atoms with Gasteiger partial charge in [-0.3, -0.25) is 4.79 Å². The molecule has 0 saturated heterocycles. The molecular formula is C12H12OS. The van der Waals surface area contributed by atoms with Crippen molar-refractivity contribution in [1.82, 2.24) is 0 Å². The molecule has 0 fully saturated rings. The van der Waals surface area contributed by atoms with Crippen molar-refractivity contribution in [2.45, 2.75) is 30.6 Å². The normalized spacial score (nSPS) is 19.3. The highest BCUT2D eigenvalue weighted by molar-refractivity contribution is 7.99. The minimum atomic E-state index is 0.349. The van der Waals surface area contributed by atoms with Crippen LogP contribution in [0.4, 0.5) is 0 Å². The molecule has 1 nitrogen and oxygen atoms in total. The third-order valence-corrected chi connectivity index (χ3v) is 4.16. The van der Waals surface area contributed by atoms with Crippen LogP contribution in [-0.2, 0) is 12.8 Å². The van der Waals surface area contributed by atoms with Gasteiger partial charge in [0, 0.05) is 22.6 Å². The second-order valence-electron chi connectivity index (χ2n) is 3.99. The quantitative estimate of drug-likeness (QED) is 0.646. The minimum Gasteiger partial charge on any atom is -0.294 e. The molecule has 1 aliphatic heterocycles. The molecule has 1 heterocycles. The first kappa shape index (κ1) is 8.54. The van der Waals surface area contributed by atoms with Crippen LogP contribution in [0, 0.1) is 0 Å². The first-order chi connectivity index (χ1) is 6.84. The zero-order chi connectivity index (χ0) is 9.54. The lowest BCUT2D eigenvalue weighted by Gasteiger charge is -2.15. The first-order valence-corrected chi connectivity index (χ1v) is 6.15. The monoisotopic (exact) mass is 204 g/mol. The van der Waals surface area contributed by atoms with Gasteiger partial charge in [-0.25, -0.2) is 0 Å². The molecule has 1 aliphatic carbocycles. The molecule has 0 saturated carbocycles. The maximum Gasteiger partial charge on any atom is 0.163 e. The van der Waals surface area contributed by atoms with Gasteiger partial charge in [0.15, 0.2) is 5.78 Å². The molecule has 0 atom stereocenters. The van der Waals surface area contributed by atoms with E-state index in [1.54, 1.807) is 0 Å². The van der Waals surface area contributed by atoms with E-state index in [4.69, 9.17) is 0 Å². The summed E-state index contributed by atoms with van der Waals surface area (Å²) in [6, 6.07) is 4.39. The lowest BCUT2D eigenvalue weighted by atomic mass is 9.89. The molecule has 0 radical (unpaired) electrons. The van der Waals surface area contributed by atoms with Crippen LogP contribution in [-0.4, -0.2) is 11.5 Å². The highest BCUT2D eigenvalue weighted by atomic mass is 32.2. The number of ketones is 1. The average Bonchev–Trinajstić information content (AvgIpc) is 2.62. The number of rotatable bonds is 0. The van der Waals surface area contributed by atoms with E-state index in [9.17, 15) is 4.79 Å². The van der Waals surface area contributed by atoms with Gasteiger partial charge in [0.25, 0.3) is 0 Å². The number of benzene rings is 1. The summed E-state index contributed by atoms with van der Waals surface area (Å²) < 4.78 is 0. The van der Waals surface area contributed by atoms with E-state index in [2.05, 4.69) is 12.1 Å². The standard InChI is InChI=1S/C12H12OS/c13-11-3-1-2-8-6-9-4-5-14-12(9)7-10(8)11/h6-7H,1-5H2. The fourth-order valence-electron chi connectivity index (χ4n) is 2.32. The van der Waals surface area contributed by atoms with Crippen molar-refractivity contribution in [1.29, 1.82) is 0 Å². The molecule has 0 amide bonds. The SMILES string of the molecule is O=C1CCCc2cc3c(cc21)SCC3. The van der Waals surface area contributed by atoms with Crippen molar-refractivity contribution in [2.24, 2.45) is 0 Å². The summed E-state index contributed by atoms with van der Waals surface area (Å²) in [5.74, 6) is 1.54. The maximum atomic E-state index is 11.7. The van der Waals surface area contributed by atoms with Crippen molar-refractivity contribution in [3.63, 3.8) is 0 Å². The third kappa shape index (κ3) is 1.21. The molecule has 0 aromatic heterocycles. The van der Waals surface area contributed by atoms with Crippen LogP contribution in [0.5, 0.6) is 0 Å². The summed E-state index contributed by atoms with van der Waals surface area (Å²) in [5.41, 5.74) is 3.76. The van der Waals surface area contributed by atoms with E-state index in [1.807, 2.05) is 11.8 Å². The molecule has 1 aromatic carbocycles. The molecule has 0 spiro atoms. The highest BCUT2D eigenvalue weighted by Gasteiger charge is 2.21. The van der Waals surface area contributed by atoms with Crippen molar-refractivity contribution in [2.75, 3.05) is 5.75 Å². The summed E-state index contributed by atoms with van der Waals surface area (Å²) in [4.78, 5) is 13.0. The fourth-order valence-corrected chi connectivity index (χ4v) is 3.41. The third-order valence-electron chi connectivity index (χ3n) is 3.07. The first-order valence-electron chi connectivity index (χ1n) is 5.16. The van der Waals surface area contributed by atoms with Crippen molar-refractivity contribution < 1.29 is 4.79 Å². The van der Waals surface area contributed by atoms with E-state index in [1.165, 1.54) is 28.2 Å². The van der Waals surface area contributed by atoms with Gasteiger partial charge in [-0.15, -0.1) is 11.8 Å². The number of fused-ring (bicyclic) bond motifs is 2. The summed E-state index contributed by atoms with van der Waals surface area (Å²) >= 11 is 1.89. The Balaban J connectivity index is 2.17. The molecule has 0 unspecified atom stereocenters. The van der Waals surface area contributed by atoms with Gasteiger partial charge in [-0.05, 0) is 36.5 Å². The molecule has 0 N–H and O–H groups in total.